The van der Waals surface area contributed by atoms with Crippen molar-refractivity contribution in [2.45, 2.75) is 20.3 Å². The number of hydrogen-bond acceptors (Lipinski definition) is 2. The van der Waals surface area contributed by atoms with Crippen LogP contribution in [0, 0.1) is 6.92 Å². The smallest absolute Gasteiger partial charge is 0.119 e. The molecule has 28 heavy (non-hydrogen) atoms. The first-order chi connectivity index (χ1) is 13.7. The van der Waals surface area contributed by atoms with Crippen molar-refractivity contribution >= 4 is 0 Å². The summed E-state index contributed by atoms with van der Waals surface area (Å²) in [7, 11) is 1.68. The minimum atomic E-state index is 0.839. The molecule has 0 amide bonds. The van der Waals surface area contributed by atoms with Crippen molar-refractivity contribution in [1.29, 1.82) is 0 Å². The van der Waals surface area contributed by atoms with Crippen LogP contribution in [0.3, 0.4) is 0 Å². The zero-order valence-electron chi connectivity index (χ0n) is 16.5. The molecule has 0 saturated heterocycles. The van der Waals surface area contributed by atoms with Crippen LogP contribution in [0.15, 0.2) is 78.9 Å². The number of aryl methyl sites for hydroxylation is 1. The first-order valence-electron chi connectivity index (χ1n) is 9.60. The van der Waals surface area contributed by atoms with Crippen LogP contribution in [0.2, 0.25) is 0 Å². The second-order valence-electron chi connectivity index (χ2n) is 6.87. The van der Waals surface area contributed by atoms with Gasteiger partial charge in [0, 0.05) is 16.7 Å². The van der Waals surface area contributed by atoms with E-state index < -0.39 is 0 Å². The molecule has 3 nitrogen and oxygen atoms in total. The molecule has 0 bridgehead atoms. The van der Waals surface area contributed by atoms with Gasteiger partial charge in [-0.15, -0.1) is 0 Å². The fourth-order valence-electron chi connectivity index (χ4n) is 3.53. The number of benzene rings is 3. The molecule has 0 atom stereocenters. The Morgan fingerprint density at radius 3 is 2.11 bits per heavy atom. The highest BCUT2D eigenvalue weighted by Crippen LogP contribution is 2.35. The number of aromatic nitrogens is 2. The average Bonchev–Trinajstić information content (AvgIpc) is 3.14. The fourth-order valence-corrected chi connectivity index (χ4v) is 3.53. The van der Waals surface area contributed by atoms with E-state index >= 15 is 0 Å². The van der Waals surface area contributed by atoms with Crippen LogP contribution in [-0.2, 0) is 6.42 Å². The van der Waals surface area contributed by atoms with Crippen molar-refractivity contribution in [3.05, 3.63) is 90.0 Å². The van der Waals surface area contributed by atoms with E-state index in [1.807, 2.05) is 18.2 Å². The van der Waals surface area contributed by atoms with E-state index in [-0.39, 0.29) is 0 Å². The quantitative estimate of drug-likeness (QED) is 0.426. The topological polar surface area (TPSA) is 27.1 Å². The summed E-state index contributed by atoms with van der Waals surface area (Å²) in [5.41, 5.74) is 8.02. The molecule has 0 aliphatic heterocycles. The maximum Gasteiger partial charge on any atom is 0.119 e. The van der Waals surface area contributed by atoms with E-state index in [1.54, 1.807) is 7.11 Å². The standard InChI is InChI=1S/C25H24N2O/c1-4-23-24(19-12-10-18(2)11-13-19)26-27(21-14-16-22(28-3)17-15-21)25(23)20-8-6-5-7-9-20/h5-17H,4H2,1-3H3. The lowest BCUT2D eigenvalue weighted by atomic mass is 9.99. The van der Waals surface area contributed by atoms with Crippen molar-refractivity contribution in [3.63, 3.8) is 0 Å². The van der Waals surface area contributed by atoms with Gasteiger partial charge in [-0.25, -0.2) is 4.68 Å². The van der Waals surface area contributed by atoms with E-state index in [0.29, 0.717) is 0 Å². The monoisotopic (exact) mass is 368 g/mol. The second-order valence-corrected chi connectivity index (χ2v) is 6.87. The molecule has 0 unspecified atom stereocenters. The molecule has 4 aromatic rings. The Morgan fingerprint density at radius 2 is 1.50 bits per heavy atom. The van der Waals surface area contributed by atoms with Gasteiger partial charge in [0.05, 0.1) is 24.2 Å². The molecule has 0 aliphatic carbocycles. The summed E-state index contributed by atoms with van der Waals surface area (Å²) in [5, 5.41) is 5.06. The largest absolute Gasteiger partial charge is 0.497 e. The summed E-state index contributed by atoms with van der Waals surface area (Å²) < 4.78 is 7.38. The molecule has 3 heteroatoms. The van der Waals surface area contributed by atoms with Gasteiger partial charge in [0.1, 0.15) is 5.75 Å². The van der Waals surface area contributed by atoms with E-state index in [4.69, 9.17) is 9.84 Å². The lowest BCUT2D eigenvalue weighted by molar-refractivity contribution is 0.414. The van der Waals surface area contributed by atoms with Gasteiger partial charge in [0.15, 0.2) is 0 Å². The molecule has 1 heterocycles. The number of ether oxygens (including phenoxy) is 1. The second kappa shape index (κ2) is 7.73. The normalized spacial score (nSPS) is 10.8. The summed E-state index contributed by atoms with van der Waals surface area (Å²) >= 11 is 0. The molecule has 1 aromatic heterocycles. The first kappa shape index (κ1) is 18.1. The Labute approximate surface area is 166 Å². The minimum Gasteiger partial charge on any atom is -0.497 e. The summed E-state index contributed by atoms with van der Waals surface area (Å²) in [4.78, 5) is 0. The number of nitrogens with zero attached hydrogens (tertiary/aromatic N) is 2. The summed E-state index contributed by atoms with van der Waals surface area (Å²) in [6, 6.07) is 27.1. The number of hydrogen-bond donors (Lipinski definition) is 0. The molecule has 0 fully saturated rings. The highest BCUT2D eigenvalue weighted by atomic mass is 16.5. The highest BCUT2D eigenvalue weighted by Gasteiger charge is 2.20. The van der Waals surface area contributed by atoms with Gasteiger partial charge in [-0.05, 0) is 37.6 Å². The Hall–Kier alpha value is -3.33. The zero-order chi connectivity index (χ0) is 19.5. The highest BCUT2D eigenvalue weighted by molar-refractivity contribution is 5.76. The maximum absolute atomic E-state index is 5.32. The Bertz CT molecular complexity index is 1060. The molecule has 0 aliphatic rings. The molecule has 0 radical (unpaired) electrons. The van der Waals surface area contributed by atoms with Gasteiger partial charge in [-0.1, -0.05) is 67.1 Å². The van der Waals surface area contributed by atoms with Gasteiger partial charge in [0.2, 0.25) is 0 Å². The van der Waals surface area contributed by atoms with Crippen LogP contribution >= 0.6 is 0 Å². The molecule has 0 spiro atoms. The minimum absolute atomic E-state index is 0.839. The van der Waals surface area contributed by atoms with Crippen molar-refractivity contribution in [2.75, 3.05) is 7.11 Å². The lowest BCUT2D eigenvalue weighted by Crippen LogP contribution is -2.00. The van der Waals surface area contributed by atoms with Crippen molar-refractivity contribution in [3.8, 4) is 34.0 Å². The van der Waals surface area contributed by atoms with Gasteiger partial charge < -0.3 is 4.74 Å². The first-order valence-corrected chi connectivity index (χ1v) is 9.60. The van der Waals surface area contributed by atoms with Crippen molar-refractivity contribution < 1.29 is 4.74 Å². The molecular weight excluding hydrogens is 344 g/mol. The van der Waals surface area contributed by atoms with E-state index in [9.17, 15) is 0 Å². The lowest BCUT2D eigenvalue weighted by Gasteiger charge is -2.10. The number of rotatable bonds is 5. The molecule has 140 valence electrons. The summed E-state index contributed by atoms with van der Waals surface area (Å²) in [6.45, 7) is 4.30. The van der Waals surface area contributed by atoms with Gasteiger partial charge in [-0.3, -0.25) is 0 Å². The van der Waals surface area contributed by atoms with Gasteiger partial charge in [0.25, 0.3) is 0 Å². The molecule has 0 saturated carbocycles. The predicted octanol–water partition coefficient (Wildman–Crippen LogP) is 6.09. The molecule has 4 rings (SSSR count). The number of methoxy groups -OCH3 is 1. The third-order valence-electron chi connectivity index (χ3n) is 5.03. The van der Waals surface area contributed by atoms with Crippen molar-refractivity contribution in [1.82, 2.24) is 9.78 Å². The Morgan fingerprint density at radius 1 is 0.821 bits per heavy atom. The van der Waals surface area contributed by atoms with Crippen LogP contribution in [0.25, 0.3) is 28.2 Å². The van der Waals surface area contributed by atoms with Crippen LogP contribution in [0.5, 0.6) is 5.75 Å². The van der Waals surface area contributed by atoms with Crippen LogP contribution < -0.4 is 4.74 Å². The SMILES string of the molecule is CCc1c(-c2ccc(C)cc2)nn(-c2ccc(OC)cc2)c1-c1ccccc1. The summed E-state index contributed by atoms with van der Waals surface area (Å²) in [6.07, 6.45) is 0.906. The third kappa shape index (κ3) is 3.31. The van der Waals surface area contributed by atoms with E-state index in [0.717, 1.165) is 34.8 Å². The van der Waals surface area contributed by atoms with Crippen LogP contribution in [-0.4, -0.2) is 16.9 Å². The van der Waals surface area contributed by atoms with Crippen molar-refractivity contribution in [2.24, 2.45) is 0 Å². The predicted molar refractivity (Wildman–Crippen MR) is 115 cm³/mol. The Kier molecular flexibility index (Phi) is 4.98. The zero-order valence-corrected chi connectivity index (χ0v) is 16.5. The maximum atomic E-state index is 5.32. The van der Waals surface area contributed by atoms with E-state index in [2.05, 4.69) is 79.2 Å². The third-order valence-corrected chi connectivity index (χ3v) is 5.03. The molecular formula is C25H24N2O. The van der Waals surface area contributed by atoms with Gasteiger partial charge in [-0.2, -0.15) is 5.10 Å². The molecule has 3 aromatic carbocycles. The Balaban J connectivity index is 1.96. The average molecular weight is 368 g/mol. The summed E-state index contributed by atoms with van der Waals surface area (Å²) in [5.74, 6) is 0.839. The van der Waals surface area contributed by atoms with Gasteiger partial charge >= 0.3 is 0 Å². The van der Waals surface area contributed by atoms with E-state index in [1.165, 1.54) is 16.7 Å². The van der Waals surface area contributed by atoms with Crippen LogP contribution in [0.4, 0.5) is 0 Å². The van der Waals surface area contributed by atoms with Crippen LogP contribution in [0.1, 0.15) is 18.1 Å². The molecule has 0 N–H and O–H groups in total. The fraction of sp³-hybridized carbons (Fsp3) is 0.160.